The number of aliphatic hydroxyl groups excluding tert-OH is 1. The minimum Gasteiger partial charge on any atom is -0.497 e. The van der Waals surface area contributed by atoms with Crippen molar-refractivity contribution in [3.8, 4) is 22.7 Å². The van der Waals surface area contributed by atoms with E-state index >= 15 is 0 Å². The molecule has 0 unspecified atom stereocenters. The van der Waals surface area contributed by atoms with E-state index in [1.807, 2.05) is 47.1 Å². The van der Waals surface area contributed by atoms with Crippen molar-refractivity contribution in [2.75, 3.05) is 20.3 Å². The molecule has 0 saturated heterocycles. The fourth-order valence-corrected chi connectivity index (χ4v) is 3.41. The largest absolute Gasteiger partial charge is 0.497 e. The van der Waals surface area contributed by atoms with Gasteiger partial charge in [0.25, 0.3) is 0 Å². The molecule has 1 aliphatic rings. The summed E-state index contributed by atoms with van der Waals surface area (Å²) in [5.74, 6) is 0.836. The maximum absolute atomic E-state index is 9.44. The van der Waals surface area contributed by atoms with Crippen LogP contribution in [0.5, 0.6) is 5.75 Å². The number of aromatic nitrogens is 2. The van der Waals surface area contributed by atoms with Gasteiger partial charge in [0.15, 0.2) is 0 Å². The van der Waals surface area contributed by atoms with E-state index in [1.54, 1.807) is 7.11 Å². The predicted molar refractivity (Wildman–Crippen MR) is 106 cm³/mol. The minimum atomic E-state index is 0.182. The highest BCUT2D eigenvalue weighted by Crippen LogP contribution is 2.31. The van der Waals surface area contributed by atoms with Gasteiger partial charge in [-0.1, -0.05) is 18.2 Å². The van der Waals surface area contributed by atoms with Gasteiger partial charge in [-0.05, 0) is 49.2 Å². The second-order valence-electron chi connectivity index (χ2n) is 6.94. The van der Waals surface area contributed by atoms with Gasteiger partial charge in [-0.25, -0.2) is 4.68 Å². The van der Waals surface area contributed by atoms with Crippen molar-refractivity contribution < 1.29 is 9.84 Å². The molecule has 0 amide bonds. The average Bonchev–Trinajstić information content (AvgIpc) is 3.49. The van der Waals surface area contributed by atoms with Crippen LogP contribution in [0.15, 0.2) is 60.8 Å². The number of aliphatic hydroxyl groups is 1. The second kappa shape index (κ2) is 7.94. The maximum Gasteiger partial charge on any atom is 0.118 e. The van der Waals surface area contributed by atoms with E-state index in [2.05, 4.69) is 23.2 Å². The number of hydrogen-bond donors (Lipinski definition) is 1. The van der Waals surface area contributed by atoms with Crippen LogP contribution >= 0.6 is 0 Å². The lowest BCUT2D eigenvalue weighted by Crippen LogP contribution is -2.28. The van der Waals surface area contributed by atoms with Crippen molar-refractivity contribution in [1.82, 2.24) is 14.7 Å². The quantitative estimate of drug-likeness (QED) is 0.665. The summed E-state index contributed by atoms with van der Waals surface area (Å²) in [5, 5.41) is 14.3. The van der Waals surface area contributed by atoms with Gasteiger partial charge in [0.2, 0.25) is 0 Å². The molecule has 3 aromatic rings. The van der Waals surface area contributed by atoms with E-state index in [-0.39, 0.29) is 6.61 Å². The Morgan fingerprint density at radius 2 is 1.85 bits per heavy atom. The molecule has 0 spiro atoms. The monoisotopic (exact) mass is 363 g/mol. The van der Waals surface area contributed by atoms with Gasteiger partial charge >= 0.3 is 0 Å². The third-order valence-electron chi connectivity index (χ3n) is 5.00. The van der Waals surface area contributed by atoms with E-state index in [0.29, 0.717) is 12.6 Å². The van der Waals surface area contributed by atoms with E-state index in [9.17, 15) is 5.11 Å². The summed E-state index contributed by atoms with van der Waals surface area (Å²) in [6.07, 6.45) is 4.54. The molecule has 5 heteroatoms. The lowest BCUT2D eigenvalue weighted by molar-refractivity contribution is 0.183. The average molecular weight is 363 g/mol. The van der Waals surface area contributed by atoms with Crippen LogP contribution in [0.4, 0.5) is 0 Å². The molecule has 4 rings (SSSR count). The topological polar surface area (TPSA) is 50.5 Å². The van der Waals surface area contributed by atoms with E-state index in [0.717, 1.165) is 29.2 Å². The Labute approximate surface area is 159 Å². The SMILES string of the molecule is COc1ccc(-c2nn(-c3ccccc3)cc2CN(CCO)C2CC2)cc1. The summed E-state index contributed by atoms with van der Waals surface area (Å²) in [4.78, 5) is 2.36. The molecular formula is C22H25N3O2. The van der Waals surface area contributed by atoms with Crippen molar-refractivity contribution in [3.05, 3.63) is 66.4 Å². The van der Waals surface area contributed by atoms with Crippen molar-refractivity contribution in [1.29, 1.82) is 0 Å². The van der Waals surface area contributed by atoms with Gasteiger partial charge < -0.3 is 9.84 Å². The zero-order valence-corrected chi connectivity index (χ0v) is 15.6. The first-order chi connectivity index (χ1) is 13.3. The van der Waals surface area contributed by atoms with Crippen LogP contribution in [0.3, 0.4) is 0 Å². The second-order valence-corrected chi connectivity index (χ2v) is 6.94. The Kier molecular flexibility index (Phi) is 5.23. The van der Waals surface area contributed by atoms with Crippen LogP contribution in [-0.2, 0) is 6.54 Å². The Hall–Kier alpha value is -2.63. The minimum absolute atomic E-state index is 0.182. The van der Waals surface area contributed by atoms with Crippen molar-refractivity contribution in [2.45, 2.75) is 25.4 Å². The number of benzene rings is 2. The highest BCUT2D eigenvalue weighted by Gasteiger charge is 2.29. The number of methoxy groups -OCH3 is 1. The van der Waals surface area contributed by atoms with E-state index < -0.39 is 0 Å². The Morgan fingerprint density at radius 1 is 1.11 bits per heavy atom. The fraction of sp³-hybridized carbons (Fsp3) is 0.318. The van der Waals surface area contributed by atoms with Crippen LogP contribution in [0, 0.1) is 0 Å². The summed E-state index contributed by atoms with van der Waals surface area (Å²) in [6.45, 7) is 1.67. The van der Waals surface area contributed by atoms with Crippen LogP contribution in [-0.4, -0.2) is 46.1 Å². The number of para-hydroxylation sites is 1. The molecule has 5 nitrogen and oxygen atoms in total. The summed E-state index contributed by atoms with van der Waals surface area (Å²) in [7, 11) is 1.67. The van der Waals surface area contributed by atoms with Gasteiger partial charge in [-0.15, -0.1) is 0 Å². The molecule has 0 radical (unpaired) electrons. The van der Waals surface area contributed by atoms with Gasteiger partial charge in [-0.2, -0.15) is 5.10 Å². The molecular weight excluding hydrogens is 338 g/mol. The van der Waals surface area contributed by atoms with Gasteiger partial charge in [0, 0.05) is 36.5 Å². The first kappa shape index (κ1) is 17.8. The molecule has 1 aromatic heterocycles. The first-order valence-electron chi connectivity index (χ1n) is 9.42. The fourth-order valence-electron chi connectivity index (χ4n) is 3.41. The molecule has 1 N–H and O–H groups in total. The summed E-state index contributed by atoms with van der Waals surface area (Å²) in [6, 6.07) is 18.8. The van der Waals surface area contributed by atoms with E-state index in [4.69, 9.17) is 9.84 Å². The van der Waals surface area contributed by atoms with Gasteiger partial charge in [0.05, 0.1) is 25.1 Å². The zero-order valence-electron chi connectivity index (χ0n) is 15.6. The molecule has 1 heterocycles. The number of ether oxygens (including phenoxy) is 1. The van der Waals surface area contributed by atoms with Crippen molar-refractivity contribution >= 4 is 0 Å². The lowest BCUT2D eigenvalue weighted by atomic mass is 10.1. The van der Waals surface area contributed by atoms with E-state index in [1.165, 1.54) is 18.4 Å². The summed E-state index contributed by atoms with van der Waals surface area (Å²) in [5.41, 5.74) is 4.26. The molecule has 1 fully saturated rings. The first-order valence-corrected chi connectivity index (χ1v) is 9.42. The number of nitrogens with zero attached hydrogens (tertiary/aromatic N) is 3. The van der Waals surface area contributed by atoms with Gasteiger partial charge in [-0.3, -0.25) is 4.90 Å². The molecule has 0 bridgehead atoms. The maximum atomic E-state index is 9.44. The zero-order chi connectivity index (χ0) is 18.6. The van der Waals surface area contributed by atoms with Crippen LogP contribution in [0.1, 0.15) is 18.4 Å². The van der Waals surface area contributed by atoms with Crippen molar-refractivity contribution in [2.24, 2.45) is 0 Å². The Bertz CT molecular complexity index is 870. The third-order valence-corrected chi connectivity index (χ3v) is 5.00. The van der Waals surface area contributed by atoms with Crippen LogP contribution in [0.2, 0.25) is 0 Å². The lowest BCUT2D eigenvalue weighted by Gasteiger charge is -2.20. The molecule has 0 aliphatic heterocycles. The Balaban J connectivity index is 1.71. The molecule has 27 heavy (non-hydrogen) atoms. The molecule has 1 saturated carbocycles. The molecule has 140 valence electrons. The molecule has 1 aliphatic carbocycles. The smallest absolute Gasteiger partial charge is 0.118 e. The predicted octanol–water partition coefficient (Wildman–Crippen LogP) is 3.50. The summed E-state index contributed by atoms with van der Waals surface area (Å²) < 4.78 is 7.23. The highest BCUT2D eigenvalue weighted by atomic mass is 16.5. The third kappa shape index (κ3) is 4.04. The normalized spacial score (nSPS) is 13.9. The van der Waals surface area contributed by atoms with Crippen LogP contribution in [0.25, 0.3) is 16.9 Å². The van der Waals surface area contributed by atoms with Crippen LogP contribution < -0.4 is 4.74 Å². The van der Waals surface area contributed by atoms with Crippen molar-refractivity contribution in [3.63, 3.8) is 0 Å². The Morgan fingerprint density at radius 3 is 2.48 bits per heavy atom. The van der Waals surface area contributed by atoms with Gasteiger partial charge in [0.1, 0.15) is 5.75 Å². The number of rotatable bonds is 8. The molecule has 0 atom stereocenters. The summed E-state index contributed by atoms with van der Waals surface area (Å²) >= 11 is 0. The standard InChI is InChI=1S/C22H25N3O2/c1-27-21-11-7-17(8-12-21)22-18(15-24(13-14-26)19-9-10-19)16-25(23-22)20-5-3-2-4-6-20/h2-8,11-12,16,19,26H,9-10,13-15H2,1H3. The molecule has 2 aromatic carbocycles. The number of hydrogen-bond acceptors (Lipinski definition) is 4. The highest BCUT2D eigenvalue weighted by molar-refractivity contribution is 5.64.